The van der Waals surface area contributed by atoms with E-state index in [4.69, 9.17) is 5.11 Å². The van der Waals surface area contributed by atoms with Crippen LogP contribution in [0.4, 0.5) is 8.78 Å². The highest BCUT2D eigenvalue weighted by atomic mass is 79.9. The lowest BCUT2D eigenvalue weighted by Gasteiger charge is -2.31. The fourth-order valence-electron chi connectivity index (χ4n) is 0.327. The molecular formula is C6H11BrF2O. The van der Waals surface area contributed by atoms with Crippen LogP contribution in [0.25, 0.3) is 0 Å². The highest BCUT2D eigenvalue weighted by Crippen LogP contribution is 2.39. The van der Waals surface area contributed by atoms with E-state index in [1.54, 1.807) is 0 Å². The molecule has 0 radical (unpaired) electrons. The van der Waals surface area contributed by atoms with Crippen LogP contribution in [-0.4, -0.2) is 15.5 Å². The third kappa shape index (κ3) is 1.89. The van der Waals surface area contributed by atoms with Crippen molar-refractivity contribution < 1.29 is 13.9 Å². The van der Waals surface area contributed by atoms with Gasteiger partial charge in [0.2, 0.25) is 0 Å². The van der Waals surface area contributed by atoms with Gasteiger partial charge in [-0.25, -0.2) is 0 Å². The van der Waals surface area contributed by atoms with Gasteiger partial charge in [0.1, 0.15) is 5.60 Å². The van der Waals surface area contributed by atoms with E-state index < -0.39 is 16.4 Å². The van der Waals surface area contributed by atoms with Gasteiger partial charge in [0, 0.05) is 0 Å². The van der Waals surface area contributed by atoms with Crippen LogP contribution in [-0.2, 0) is 0 Å². The van der Waals surface area contributed by atoms with Gasteiger partial charge in [-0.2, -0.15) is 8.78 Å². The smallest absolute Gasteiger partial charge is 0.329 e. The Hall–Kier alpha value is 0.300. The van der Waals surface area contributed by atoms with E-state index in [0.29, 0.717) is 0 Å². The van der Waals surface area contributed by atoms with Gasteiger partial charge in [-0.05, 0) is 28.8 Å². The summed E-state index contributed by atoms with van der Waals surface area (Å²) in [4.78, 5) is -3.21. The third-order valence-electron chi connectivity index (χ3n) is 1.70. The molecular weight excluding hydrogens is 206 g/mol. The molecule has 62 valence electrons. The number of aliphatic hydroxyl groups is 1. The number of rotatable bonds is 2. The Balaban J connectivity index is 4.40. The first-order valence-electron chi connectivity index (χ1n) is 2.98. The highest BCUT2D eigenvalue weighted by molar-refractivity contribution is 9.10. The molecule has 0 spiro atoms. The van der Waals surface area contributed by atoms with Crippen molar-refractivity contribution in [2.75, 3.05) is 0 Å². The molecule has 1 atom stereocenters. The number of hydrogen-bond donors (Lipinski definition) is 1. The van der Waals surface area contributed by atoms with Crippen LogP contribution in [0.1, 0.15) is 20.8 Å². The number of hydrogen-bond acceptors (Lipinski definition) is 1. The number of alkyl halides is 3. The van der Waals surface area contributed by atoms with Crippen molar-refractivity contribution in [2.24, 2.45) is 5.92 Å². The van der Waals surface area contributed by atoms with Gasteiger partial charge in [0.15, 0.2) is 0 Å². The van der Waals surface area contributed by atoms with Crippen molar-refractivity contribution in [3.63, 3.8) is 0 Å². The molecule has 0 aromatic heterocycles. The van der Waals surface area contributed by atoms with Crippen LogP contribution in [0.15, 0.2) is 0 Å². The minimum Gasteiger partial charge on any atom is -0.383 e. The van der Waals surface area contributed by atoms with Crippen molar-refractivity contribution in [3.05, 3.63) is 0 Å². The summed E-state index contributed by atoms with van der Waals surface area (Å²) >= 11 is 2.12. The Morgan fingerprint density at radius 3 is 1.70 bits per heavy atom. The van der Waals surface area contributed by atoms with Crippen molar-refractivity contribution in [1.82, 2.24) is 0 Å². The van der Waals surface area contributed by atoms with E-state index in [0.717, 1.165) is 6.92 Å². The molecule has 0 bridgehead atoms. The van der Waals surface area contributed by atoms with Gasteiger partial charge < -0.3 is 5.11 Å². The fourth-order valence-corrected chi connectivity index (χ4v) is 0.785. The third-order valence-corrected chi connectivity index (χ3v) is 2.50. The van der Waals surface area contributed by atoms with Crippen molar-refractivity contribution >= 4 is 15.9 Å². The zero-order valence-electron chi connectivity index (χ0n) is 6.16. The average Bonchev–Trinajstić information content (AvgIpc) is 1.62. The lowest BCUT2D eigenvalue weighted by Crippen LogP contribution is -2.45. The van der Waals surface area contributed by atoms with Crippen molar-refractivity contribution in [3.8, 4) is 0 Å². The van der Waals surface area contributed by atoms with Gasteiger partial charge in [0.05, 0.1) is 0 Å². The monoisotopic (exact) mass is 216 g/mol. The zero-order valence-corrected chi connectivity index (χ0v) is 7.74. The fraction of sp³-hybridized carbons (Fsp3) is 1.00. The molecule has 0 aromatic rings. The number of halogens is 3. The van der Waals surface area contributed by atoms with Gasteiger partial charge >= 0.3 is 4.83 Å². The molecule has 1 N–H and O–H groups in total. The Kier molecular flexibility index (Phi) is 2.82. The maximum Gasteiger partial charge on any atom is 0.329 e. The first kappa shape index (κ1) is 10.3. The van der Waals surface area contributed by atoms with E-state index >= 15 is 0 Å². The molecule has 0 heterocycles. The second-order valence-electron chi connectivity index (χ2n) is 2.80. The Bertz CT molecular complexity index is 117. The Morgan fingerprint density at radius 1 is 1.40 bits per heavy atom. The summed E-state index contributed by atoms with van der Waals surface area (Å²) in [6.45, 7) is 4.18. The molecule has 0 rings (SSSR count). The molecule has 0 saturated carbocycles. The molecule has 0 aliphatic rings. The SMILES string of the molecule is CC(C)C(C)(O)C(F)(F)Br. The lowest BCUT2D eigenvalue weighted by atomic mass is 9.93. The molecule has 0 aromatic carbocycles. The van der Waals surface area contributed by atoms with Crippen LogP contribution >= 0.6 is 15.9 Å². The summed E-state index contributed by atoms with van der Waals surface area (Å²) < 4.78 is 24.8. The largest absolute Gasteiger partial charge is 0.383 e. The first-order valence-corrected chi connectivity index (χ1v) is 3.78. The van der Waals surface area contributed by atoms with Gasteiger partial charge in [0.25, 0.3) is 0 Å². The molecule has 1 unspecified atom stereocenters. The Labute approximate surface area is 67.6 Å². The standard InChI is InChI=1S/C6H11BrF2O/c1-4(2)5(3,10)6(7,8)9/h4,10H,1-3H3. The molecule has 0 saturated heterocycles. The van der Waals surface area contributed by atoms with Crippen LogP contribution in [0.5, 0.6) is 0 Å². The van der Waals surface area contributed by atoms with Crippen LogP contribution < -0.4 is 0 Å². The summed E-state index contributed by atoms with van der Waals surface area (Å²) in [6, 6.07) is 0. The molecule has 1 nitrogen and oxygen atoms in total. The summed E-state index contributed by atoms with van der Waals surface area (Å²) in [6.07, 6.45) is 0. The second-order valence-corrected chi connectivity index (χ2v) is 3.80. The van der Waals surface area contributed by atoms with E-state index in [2.05, 4.69) is 15.9 Å². The van der Waals surface area contributed by atoms with Crippen LogP contribution in [0, 0.1) is 5.92 Å². The van der Waals surface area contributed by atoms with Crippen LogP contribution in [0.2, 0.25) is 0 Å². The molecule has 10 heavy (non-hydrogen) atoms. The Morgan fingerprint density at radius 2 is 1.70 bits per heavy atom. The predicted molar refractivity (Wildman–Crippen MR) is 39.3 cm³/mol. The highest BCUT2D eigenvalue weighted by Gasteiger charge is 2.48. The molecule has 0 aliphatic carbocycles. The lowest BCUT2D eigenvalue weighted by molar-refractivity contribution is -0.130. The summed E-state index contributed by atoms with van der Waals surface area (Å²) in [5, 5.41) is 9.13. The van der Waals surface area contributed by atoms with E-state index in [9.17, 15) is 8.78 Å². The first-order chi connectivity index (χ1) is 4.19. The molecule has 0 aliphatic heterocycles. The summed E-state index contributed by atoms with van der Waals surface area (Å²) in [5.41, 5.74) is -1.98. The predicted octanol–water partition coefficient (Wildman–Crippen LogP) is 2.38. The van der Waals surface area contributed by atoms with Crippen LogP contribution in [0.3, 0.4) is 0 Å². The maximum atomic E-state index is 12.4. The average molecular weight is 217 g/mol. The van der Waals surface area contributed by atoms with Crippen molar-refractivity contribution in [2.45, 2.75) is 31.2 Å². The van der Waals surface area contributed by atoms with E-state index in [1.165, 1.54) is 13.8 Å². The maximum absolute atomic E-state index is 12.4. The summed E-state index contributed by atoms with van der Waals surface area (Å²) in [7, 11) is 0. The van der Waals surface area contributed by atoms with Gasteiger partial charge in [-0.15, -0.1) is 0 Å². The zero-order chi connectivity index (χ0) is 8.58. The normalized spacial score (nSPS) is 19.2. The van der Waals surface area contributed by atoms with Gasteiger partial charge in [-0.1, -0.05) is 13.8 Å². The summed E-state index contributed by atoms with van der Waals surface area (Å²) in [5.74, 6) is -0.484. The minimum atomic E-state index is -3.21. The van der Waals surface area contributed by atoms with E-state index in [1.807, 2.05) is 0 Å². The molecule has 0 amide bonds. The van der Waals surface area contributed by atoms with Crippen molar-refractivity contribution in [1.29, 1.82) is 0 Å². The minimum absolute atomic E-state index is 0.484. The van der Waals surface area contributed by atoms with Gasteiger partial charge in [-0.3, -0.25) is 0 Å². The molecule has 0 fully saturated rings. The quantitative estimate of drug-likeness (QED) is 0.704. The second kappa shape index (κ2) is 2.74. The topological polar surface area (TPSA) is 20.2 Å². The van der Waals surface area contributed by atoms with E-state index in [-0.39, 0.29) is 0 Å². The molecule has 4 heteroatoms.